The lowest BCUT2D eigenvalue weighted by atomic mass is 10.1. The Morgan fingerprint density at radius 1 is 1.42 bits per heavy atom. The fourth-order valence-electron chi connectivity index (χ4n) is 2.84. The molecule has 0 aliphatic carbocycles. The summed E-state index contributed by atoms with van der Waals surface area (Å²) in [6.45, 7) is 1.94. The highest BCUT2D eigenvalue weighted by Crippen LogP contribution is 2.19. The van der Waals surface area contributed by atoms with Crippen molar-refractivity contribution in [3.05, 3.63) is 53.4 Å². The van der Waals surface area contributed by atoms with Crippen molar-refractivity contribution in [1.29, 1.82) is 0 Å². The largest absolute Gasteiger partial charge is 0.361 e. The van der Waals surface area contributed by atoms with Gasteiger partial charge in [0.05, 0.1) is 17.9 Å². The highest BCUT2D eigenvalue weighted by Gasteiger charge is 2.14. The average molecular weight is 339 g/mol. The minimum atomic E-state index is -0.130. The summed E-state index contributed by atoms with van der Waals surface area (Å²) in [5.41, 5.74) is 4.85. The van der Waals surface area contributed by atoms with E-state index < -0.39 is 0 Å². The molecule has 1 amide bonds. The fourth-order valence-corrected chi connectivity index (χ4v) is 3.45. The van der Waals surface area contributed by atoms with Crippen LogP contribution in [0.3, 0.4) is 0 Å². The third-order valence-corrected chi connectivity index (χ3v) is 4.81. The van der Waals surface area contributed by atoms with Crippen molar-refractivity contribution in [2.24, 2.45) is 0 Å². The van der Waals surface area contributed by atoms with Gasteiger partial charge in [-0.05, 0) is 25.0 Å². The summed E-state index contributed by atoms with van der Waals surface area (Å²) in [4.78, 5) is 20.8. The maximum atomic E-state index is 12.2. The minimum absolute atomic E-state index is 0.0251. The fraction of sp³-hybridized carbons (Fsp3) is 0.235. The summed E-state index contributed by atoms with van der Waals surface area (Å²) >= 11 is 1.48. The van der Waals surface area contributed by atoms with Gasteiger partial charge in [-0.25, -0.2) is 9.50 Å². The van der Waals surface area contributed by atoms with Crippen LogP contribution in [0.1, 0.15) is 30.6 Å². The standard InChI is InChI=1S/C17H17N5OS/c1-11(15-9-22-17(21-15)24-10-19-22)20-16(23)7-6-12-8-18-14-5-3-2-4-13(12)14/h2-5,8-11,18H,6-7H2,1H3,(H,20,23). The highest BCUT2D eigenvalue weighted by atomic mass is 32.1. The summed E-state index contributed by atoms with van der Waals surface area (Å²) < 4.78 is 1.73. The lowest BCUT2D eigenvalue weighted by Gasteiger charge is -2.11. The van der Waals surface area contributed by atoms with Crippen molar-refractivity contribution in [2.45, 2.75) is 25.8 Å². The Balaban J connectivity index is 1.38. The van der Waals surface area contributed by atoms with Gasteiger partial charge in [0.2, 0.25) is 10.9 Å². The molecule has 0 aliphatic rings. The first-order chi connectivity index (χ1) is 11.7. The molecule has 0 spiro atoms. The molecule has 4 aromatic rings. The molecule has 0 radical (unpaired) electrons. The van der Waals surface area contributed by atoms with E-state index in [0.717, 1.165) is 16.2 Å². The first-order valence-electron chi connectivity index (χ1n) is 7.84. The van der Waals surface area contributed by atoms with Gasteiger partial charge in [0.15, 0.2) is 0 Å². The number of imidazole rings is 1. The number of rotatable bonds is 5. The molecule has 24 heavy (non-hydrogen) atoms. The number of amides is 1. The molecule has 7 heteroatoms. The van der Waals surface area contributed by atoms with Crippen LogP contribution in [0.25, 0.3) is 15.9 Å². The number of nitrogens with zero attached hydrogens (tertiary/aromatic N) is 3. The molecule has 0 fully saturated rings. The van der Waals surface area contributed by atoms with Crippen LogP contribution in [-0.2, 0) is 11.2 Å². The minimum Gasteiger partial charge on any atom is -0.361 e. The summed E-state index contributed by atoms with van der Waals surface area (Å²) in [5, 5.41) is 8.35. The number of aryl methyl sites for hydroxylation is 1. The van der Waals surface area contributed by atoms with E-state index in [2.05, 4.69) is 26.4 Å². The zero-order valence-electron chi connectivity index (χ0n) is 13.2. The Morgan fingerprint density at radius 2 is 2.29 bits per heavy atom. The number of aromatic nitrogens is 4. The molecule has 4 rings (SSSR count). The first-order valence-corrected chi connectivity index (χ1v) is 8.72. The van der Waals surface area contributed by atoms with E-state index in [9.17, 15) is 4.79 Å². The van der Waals surface area contributed by atoms with Crippen molar-refractivity contribution in [2.75, 3.05) is 0 Å². The molecule has 1 atom stereocenters. The van der Waals surface area contributed by atoms with Gasteiger partial charge >= 0.3 is 0 Å². The monoisotopic (exact) mass is 339 g/mol. The van der Waals surface area contributed by atoms with Gasteiger partial charge < -0.3 is 10.3 Å². The summed E-state index contributed by atoms with van der Waals surface area (Å²) in [6.07, 6.45) is 5.00. The Labute approximate surface area is 142 Å². The molecule has 6 nitrogen and oxygen atoms in total. The highest BCUT2D eigenvalue weighted by molar-refractivity contribution is 7.14. The van der Waals surface area contributed by atoms with E-state index in [1.165, 1.54) is 22.3 Å². The molecule has 1 aromatic carbocycles. The van der Waals surface area contributed by atoms with Gasteiger partial charge in [-0.1, -0.05) is 29.5 Å². The quantitative estimate of drug-likeness (QED) is 0.587. The number of H-pyrrole nitrogens is 1. The molecule has 0 saturated heterocycles. The average Bonchev–Trinajstić information content (AvgIpc) is 3.27. The molecule has 0 bridgehead atoms. The third-order valence-electron chi connectivity index (χ3n) is 4.12. The zero-order chi connectivity index (χ0) is 16.5. The van der Waals surface area contributed by atoms with Gasteiger partial charge in [0.25, 0.3) is 0 Å². The third kappa shape index (κ3) is 2.78. The predicted octanol–water partition coefficient (Wildman–Crippen LogP) is 3.08. The van der Waals surface area contributed by atoms with E-state index in [1.54, 1.807) is 10.0 Å². The topological polar surface area (TPSA) is 75.1 Å². The number of aromatic amines is 1. The van der Waals surface area contributed by atoms with E-state index in [-0.39, 0.29) is 11.9 Å². The van der Waals surface area contributed by atoms with Crippen molar-refractivity contribution < 1.29 is 4.79 Å². The number of nitrogens with one attached hydrogen (secondary N) is 2. The van der Waals surface area contributed by atoms with Crippen molar-refractivity contribution in [1.82, 2.24) is 24.9 Å². The molecule has 2 N–H and O–H groups in total. The second-order valence-corrected chi connectivity index (χ2v) is 6.59. The lowest BCUT2D eigenvalue weighted by molar-refractivity contribution is -0.121. The van der Waals surface area contributed by atoms with Crippen LogP contribution in [0.5, 0.6) is 0 Å². The molecule has 0 aliphatic heterocycles. The van der Waals surface area contributed by atoms with Gasteiger partial charge in [-0.3, -0.25) is 4.79 Å². The zero-order valence-corrected chi connectivity index (χ0v) is 14.0. The van der Waals surface area contributed by atoms with Gasteiger partial charge in [-0.15, -0.1) is 0 Å². The lowest BCUT2D eigenvalue weighted by Crippen LogP contribution is -2.27. The number of hydrogen-bond donors (Lipinski definition) is 2. The van der Waals surface area contributed by atoms with E-state index >= 15 is 0 Å². The SMILES string of the molecule is CC(NC(=O)CCc1c[nH]c2ccccc12)c1cn2ncsc2n1. The van der Waals surface area contributed by atoms with E-state index in [4.69, 9.17) is 0 Å². The van der Waals surface area contributed by atoms with Crippen LogP contribution in [0, 0.1) is 0 Å². The molecule has 0 saturated carbocycles. The summed E-state index contributed by atoms with van der Waals surface area (Å²) in [7, 11) is 0. The summed E-state index contributed by atoms with van der Waals surface area (Å²) in [6, 6.07) is 8.00. The normalized spacial score (nSPS) is 12.7. The molecule has 3 aromatic heterocycles. The Bertz CT molecular complexity index is 970. The maximum Gasteiger partial charge on any atom is 0.220 e. The molecule has 3 heterocycles. The van der Waals surface area contributed by atoms with Crippen molar-refractivity contribution in [3.8, 4) is 0 Å². The smallest absolute Gasteiger partial charge is 0.220 e. The van der Waals surface area contributed by atoms with Crippen LogP contribution >= 0.6 is 11.3 Å². The molecular weight excluding hydrogens is 322 g/mol. The number of hydrogen-bond acceptors (Lipinski definition) is 4. The maximum absolute atomic E-state index is 12.2. The van der Waals surface area contributed by atoms with Crippen LogP contribution in [0.4, 0.5) is 0 Å². The Morgan fingerprint density at radius 3 is 3.17 bits per heavy atom. The second kappa shape index (κ2) is 6.09. The molecule has 1 unspecified atom stereocenters. The van der Waals surface area contributed by atoms with E-state index in [1.807, 2.05) is 37.5 Å². The second-order valence-electron chi connectivity index (χ2n) is 5.78. The predicted molar refractivity (Wildman–Crippen MR) is 94.0 cm³/mol. The van der Waals surface area contributed by atoms with Crippen molar-refractivity contribution >= 4 is 33.1 Å². The number of fused-ring (bicyclic) bond motifs is 2. The van der Waals surface area contributed by atoms with Crippen LogP contribution in [0.2, 0.25) is 0 Å². The number of carbonyl (C=O) groups excluding carboxylic acids is 1. The number of benzene rings is 1. The Hall–Kier alpha value is -2.67. The Kier molecular flexibility index (Phi) is 3.78. The van der Waals surface area contributed by atoms with Crippen LogP contribution in [0.15, 0.2) is 42.2 Å². The van der Waals surface area contributed by atoms with Crippen LogP contribution < -0.4 is 5.32 Å². The van der Waals surface area contributed by atoms with Gasteiger partial charge in [-0.2, -0.15) is 5.10 Å². The van der Waals surface area contributed by atoms with E-state index in [0.29, 0.717) is 12.8 Å². The number of para-hydroxylation sites is 1. The number of carbonyl (C=O) groups is 1. The summed E-state index contributed by atoms with van der Waals surface area (Å²) in [5.74, 6) is 0.0251. The molecular formula is C17H17N5OS. The van der Waals surface area contributed by atoms with Gasteiger partial charge in [0.1, 0.15) is 5.51 Å². The van der Waals surface area contributed by atoms with Crippen LogP contribution in [-0.4, -0.2) is 25.5 Å². The van der Waals surface area contributed by atoms with Crippen molar-refractivity contribution in [3.63, 3.8) is 0 Å². The van der Waals surface area contributed by atoms with Gasteiger partial charge in [0, 0.05) is 23.5 Å². The first kappa shape index (κ1) is 14.9. The molecule has 122 valence electrons.